The fourth-order valence-electron chi connectivity index (χ4n) is 4.41. The van der Waals surface area contributed by atoms with Gasteiger partial charge in [-0.05, 0) is 44.9 Å². The number of rotatable bonds is 25. The SMILES string of the molecule is CCCCCCC(O)CCCCCCCCCCC(=O)OC(CCCCC)CCCCC. The molecule has 0 aromatic carbocycles. The third kappa shape index (κ3) is 22.6. The molecular formula is C29H58O3. The average Bonchev–Trinajstić information content (AvgIpc) is 2.78. The van der Waals surface area contributed by atoms with E-state index in [0.717, 1.165) is 38.5 Å². The Morgan fingerprint density at radius 3 is 1.44 bits per heavy atom. The van der Waals surface area contributed by atoms with Gasteiger partial charge in [-0.2, -0.15) is 0 Å². The molecule has 192 valence electrons. The Morgan fingerprint density at radius 2 is 0.938 bits per heavy atom. The van der Waals surface area contributed by atoms with Gasteiger partial charge in [-0.3, -0.25) is 4.79 Å². The quantitative estimate of drug-likeness (QED) is 0.110. The van der Waals surface area contributed by atoms with Crippen molar-refractivity contribution in [3.05, 3.63) is 0 Å². The molecule has 32 heavy (non-hydrogen) atoms. The summed E-state index contributed by atoms with van der Waals surface area (Å²) in [6.07, 6.45) is 26.6. The Labute approximate surface area is 201 Å². The summed E-state index contributed by atoms with van der Waals surface area (Å²) in [7, 11) is 0. The lowest BCUT2D eigenvalue weighted by Crippen LogP contribution is -2.18. The predicted octanol–water partition coefficient (Wildman–Crippen LogP) is 9.29. The number of ether oxygens (including phenoxy) is 1. The molecule has 0 spiro atoms. The summed E-state index contributed by atoms with van der Waals surface area (Å²) in [5.41, 5.74) is 0. The first-order valence-corrected chi connectivity index (χ1v) is 14.5. The van der Waals surface area contributed by atoms with Crippen molar-refractivity contribution in [2.24, 2.45) is 0 Å². The van der Waals surface area contributed by atoms with Crippen LogP contribution in [0, 0.1) is 0 Å². The Bertz CT molecular complexity index is 373. The Kier molecular flexibility index (Phi) is 24.6. The van der Waals surface area contributed by atoms with E-state index in [1.807, 2.05) is 0 Å². The molecule has 0 heterocycles. The van der Waals surface area contributed by atoms with Gasteiger partial charge in [-0.15, -0.1) is 0 Å². The van der Waals surface area contributed by atoms with E-state index in [-0.39, 0.29) is 18.2 Å². The van der Waals surface area contributed by atoms with E-state index in [4.69, 9.17) is 4.74 Å². The van der Waals surface area contributed by atoms with Crippen molar-refractivity contribution in [3.8, 4) is 0 Å². The summed E-state index contributed by atoms with van der Waals surface area (Å²) in [5, 5.41) is 10.0. The number of esters is 1. The zero-order chi connectivity index (χ0) is 23.7. The van der Waals surface area contributed by atoms with Crippen molar-refractivity contribution < 1.29 is 14.6 Å². The van der Waals surface area contributed by atoms with Crippen LogP contribution in [0.5, 0.6) is 0 Å². The van der Waals surface area contributed by atoms with Crippen molar-refractivity contribution in [1.29, 1.82) is 0 Å². The molecule has 0 bridgehead atoms. The summed E-state index contributed by atoms with van der Waals surface area (Å²) in [5.74, 6) is 0.0243. The maximum absolute atomic E-state index is 12.2. The van der Waals surface area contributed by atoms with E-state index in [0.29, 0.717) is 6.42 Å². The molecule has 0 radical (unpaired) electrons. The van der Waals surface area contributed by atoms with E-state index >= 15 is 0 Å². The van der Waals surface area contributed by atoms with Crippen LogP contribution in [0.25, 0.3) is 0 Å². The van der Waals surface area contributed by atoms with Crippen LogP contribution >= 0.6 is 0 Å². The summed E-state index contributed by atoms with van der Waals surface area (Å²) in [4.78, 5) is 12.2. The van der Waals surface area contributed by atoms with Gasteiger partial charge >= 0.3 is 5.97 Å². The summed E-state index contributed by atoms with van der Waals surface area (Å²) < 4.78 is 5.81. The van der Waals surface area contributed by atoms with Gasteiger partial charge in [0.05, 0.1) is 6.10 Å². The molecule has 0 saturated carbocycles. The van der Waals surface area contributed by atoms with Gasteiger partial charge in [0, 0.05) is 6.42 Å². The monoisotopic (exact) mass is 454 g/mol. The van der Waals surface area contributed by atoms with Gasteiger partial charge in [0.25, 0.3) is 0 Å². The van der Waals surface area contributed by atoms with Crippen LogP contribution in [0.4, 0.5) is 0 Å². The van der Waals surface area contributed by atoms with Gasteiger partial charge in [-0.25, -0.2) is 0 Å². The van der Waals surface area contributed by atoms with Crippen molar-refractivity contribution in [2.45, 2.75) is 181 Å². The van der Waals surface area contributed by atoms with Crippen molar-refractivity contribution in [1.82, 2.24) is 0 Å². The number of hydrogen-bond acceptors (Lipinski definition) is 3. The Hall–Kier alpha value is -0.570. The minimum Gasteiger partial charge on any atom is -0.462 e. The van der Waals surface area contributed by atoms with Gasteiger partial charge in [0.15, 0.2) is 0 Å². The molecule has 0 saturated heterocycles. The number of carbonyl (C=O) groups excluding carboxylic acids is 1. The maximum Gasteiger partial charge on any atom is 0.306 e. The van der Waals surface area contributed by atoms with Crippen LogP contribution in [0.15, 0.2) is 0 Å². The molecule has 0 aliphatic heterocycles. The lowest BCUT2D eigenvalue weighted by molar-refractivity contribution is -0.150. The van der Waals surface area contributed by atoms with Crippen LogP contribution in [0.3, 0.4) is 0 Å². The molecule has 3 heteroatoms. The second-order valence-corrected chi connectivity index (χ2v) is 9.97. The van der Waals surface area contributed by atoms with Crippen LogP contribution in [0.1, 0.15) is 168 Å². The predicted molar refractivity (Wildman–Crippen MR) is 139 cm³/mol. The number of hydrogen-bond donors (Lipinski definition) is 1. The number of aliphatic hydroxyl groups excluding tert-OH is 1. The number of carbonyl (C=O) groups is 1. The molecule has 0 aromatic heterocycles. The largest absolute Gasteiger partial charge is 0.462 e. The summed E-state index contributed by atoms with van der Waals surface area (Å²) >= 11 is 0. The highest BCUT2D eigenvalue weighted by molar-refractivity contribution is 5.69. The van der Waals surface area contributed by atoms with Crippen LogP contribution < -0.4 is 0 Å². The first-order valence-electron chi connectivity index (χ1n) is 14.5. The maximum atomic E-state index is 12.2. The van der Waals surface area contributed by atoms with Gasteiger partial charge < -0.3 is 9.84 Å². The van der Waals surface area contributed by atoms with Gasteiger partial charge in [0.1, 0.15) is 6.10 Å². The van der Waals surface area contributed by atoms with Gasteiger partial charge in [0.2, 0.25) is 0 Å². The zero-order valence-electron chi connectivity index (χ0n) is 22.2. The molecule has 1 unspecified atom stereocenters. The molecule has 1 atom stereocenters. The highest BCUT2D eigenvalue weighted by atomic mass is 16.5. The minimum atomic E-state index is -0.0792. The molecule has 0 fully saturated rings. The highest BCUT2D eigenvalue weighted by Crippen LogP contribution is 2.17. The molecular weight excluding hydrogens is 396 g/mol. The van der Waals surface area contributed by atoms with E-state index < -0.39 is 0 Å². The molecule has 3 nitrogen and oxygen atoms in total. The van der Waals surface area contributed by atoms with E-state index in [1.54, 1.807) is 0 Å². The third-order valence-corrected chi connectivity index (χ3v) is 6.62. The smallest absolute Gasteiger partial charge is 0.306 e. The summed E-state index contributed by atoms with van der Waals surface area (Å²) in [6, 6.07) is 0. The van der Waals surface area contributed by atoms with Crippen molar-refractivity contribution >= 4 is 5.97 Å². The fraction of sp³-hybridized carbons (Fsp3) is 0.966. The first-order chi connectivity index (χ1) is 15.6. The molecule has 0 aliphatic carbocycles. The number of unbranched alkanes of at least 4 members (excludes halogenated alkanes) is 14. The normalized spacial score (nSPS) is 12.4. The second kappa shape index (κ2) is 25.1. The van der Waals surface area contributed by atoms with E-state index in [2.05, 4.69) is 20.8 Å². The third-order valence-electron chi connectivity index (χ3n) is 6.62. The van der Waals surface area contributed by atoms with E-state index in [9.17, 15) is 9.90 Å². The molecule has 0 rings (SSSR count). The molecule has 1 N–H and O–H groups in total. The van der Waals surface area contributed by atoms with Gasteiger partial charge in [-0.1, -0.05) is 117 Å². The average molecular weight is 455 g/mol. The molecule has 0 aliphatic rings. The lowest BCUT2D eigenvalue weighted by atomic mass is 10.0. The Morgan fingerprint density at radius 1 is 0.562 bits per heavy atom. The standard InChI is InChI=1S/C29H58O3/c1-4-7-10-19-22-27(30)23-20-15-13-11-12-14-16-21-26-29(31)32-28(24-17-8-5-2)25-18-9-6-3/h27-28,30H,4-26H2,1-3H3. The fourth-order valence-corrected chi connectivity index (χ4v) is 4.41. The first kappa shape index (κ1) is 31.4. The topological polar surface area (TPSA) is 46.5 Å². The van der Waals surface area contributed by atoms with Crippen molar-refractivity contribution in [2.75, 3.05) is 0 Å². The lowest BCUT2D eigenvalue weighted by Gasteiger charge is -2.18. The van der Waals surface area contributed by atoms with Crippen LogP contribution in [-0.2, 0) is 9.53 Å². The number of aliphatic hydroxyl groups is 1. The second-order valence-electron chi connectivity index (χ2n) is 9.97. The van der Waals surface area contributed by atoms with Crippen molar-refractivity contribution in [3.63, 3.8) is 0 Å². The minimum absolute atomic E-state index is 0.0243. The van der Waals surface area contributed by atoms with Crippen LogP contribution in [0.2, 0.25) is 0 Å². The molecule has 0 aromatic rings. The van der Waals surface area contributed by atoms with E-state index in [1.165, 1.54) is 103 Å². The Balaban J connectivity index is 3.59. The molecule has 0 amide bonds. The summed E-state index contributed by atoms with van der Waals surface area (Å²) in [6.45, 7) is 6.67. The zero-order valence-corrected chi connectivity index (χ0v) is 22.2. The highest BCUT2D eigenvalue weighted by Gasteiger charge is 2.13. The van der Waals surface area contributed by atoms with Crippen LogP contribution in [-0.4, -0.2) is 23.3 Å².